The van der Waals surface area contributed by atoms with Crippen molar-refractivity contribution in [2.24, 2.45) is 0 Å². The van der Waals surface area contributed by atoms with Crippen LogP contribution in [0.15, 0.2) is 267 Å². The van der Waals surface area contributed by atoms with Gasteiger partial charge in [-0.1, -0.05) is 218 Å². The van der Waals surface area contributed by atoms with Crippen LogP contribution < -0.4 is 0 Å². The zero-order valence-electron chi connectivity index (χ0n) is 45.5. The van der Waals surface area contributed by atoms with E-state index in [1.807, 2.05) is 0 Å². The zero-order valence-corrected chi connectivity index (χ0v) is 46.3. The van der Waals surface area contributed by atoms with Crippen LogP contribution in [-0.2, 0) is 0 Å². The van der Waals surface area contributed by atoms with Gasteiger partial charge in [0.15, 0.2) is 0 Å². The molecule has 0 N–H and O–H groups in total. The van der Waals surface area contributed by atoms with Crippen molar-refractivity contribution in [3.63, 3.8) is 0 Å². The average Bonchev–Trinajstić information content (AvgIpc) is 2.17. The molecule has 0 radical (unpaired) electrons. The summed E-state index contributed by atoms with van der Waals surface area (Å²) < 4.78 is 11.6. The summed E-state index contributed by atoms with van der Waals surface area (Å²) in [5.41, 5.74) is 15.3. The van der Waals surface area contributed by atoms with E-state index >= 15 is 0 Å². The quantitative estimate of drug-likeness (QED) is 0.153. The first-order valence-corrected chi connectivity index (χ1v) is 29.4. The molecule has 0 saturated heterocycles. The Morgan fingerprint density at radius 3 is 1.28 bits per heavy atom. The molecule has 6 nitrogen and oxygen atoms in total. The van der Waals surface area contributed by atoms with Crippen molar-refractivity contribution in [2.75, 3.05) is 0 Å². The number of fused-ring (bicyclic) bond motifs is 17. The number of nitrogens with zero attached hydrogens (tertiary/aromatic N) is 6. The van der Waals surface area contributed by atoms with Crippen molar-refractivity contribution < 1.29 is 0 Å². The third kappa shape index (κ3) is 6.45. The van der Waals surface area contributed by atoms with E-state index in [-0.39, 0.29) is 0 Å². The maximum Gasteiger partial charge on any atom is 0.237 e. The third-order valence-electron chi connectivity index (χ3n) is 17.8. The predicted octanol–water partition coefficient (Wildman–Crippen LogP) is 21.4. The van der Waals surface area contributed by atoms with Crippen LogP contribution in [0.3, 0.4) is 0 Å². The molecule has 18 aromatic rings. The van der Waals surface area contributed by atoms with Crippen molar-refractivity contribution in [1.29, 1.82) is 5.26 Å². The fourth-order valence-electron chi connectivity index (χ4n) is 14.5. The number of hydrogen-bond acceptors (Lipinski definition) is 2. The molecule has 0 bridgehead atoms. The molecule has 392 valence electrons. The number of hydrogen-bond donors (Lipinski definition) is 0. The molecular formula is C78H44N6S. The van der Waals surface area contributed by atoms with Crippen molar-refractivity contribution in [1.82, 2.24) is 18.3 Å². The van der Waals surface area contributed by atoms with Crippen molar-refractivity contribution in [3.05, 3.63) is 284 Å². The van der Waals surface area contributed by atoms with Gasteiger partial charge in [0.1, 0.15) is 6.07 Å². The highest BCUT2D eigenvalue weighted by Crippen LogP contribution is 2.54. The monoisotopic (exact) mass is 1100 g/mol. The summed E-state index contributed by atoms with van der Waals surface area (Å²) in [5.74, 6) is 0. The summed E-state index contributed by atoms with van der Waals surface area (Å²) in [6, 6.07) is 98.2. The minimum absolute atomic E-state index is 0.352. The number of benzene rings is 13. The van der Waals surface area contributed by atoms with Crippen LogP contribution in [0.1, 0.15) is 5.56 Å². The first-order chi connectivity index (χ1) is 42.2. The lowest BCUT2D eigenvalue weighted by atomic mass is 9.90. The molecule has 5 aromatic heterocycles. The number of thiophene rings is 1. The molecule has 0 fully saturated rings. The van der Waals surface area contributed by atoms with Gasteiger partial charge in [0.25, 0.3) is 0 Å². The summed E-state index contributed by atoms with van der Waals surface area (Å²) in [4.78, 5) is 4.87. The van der Waals surface area contributed by atoms with E-state index < -0.39 is 0 Å². The maximum atomic E-state index is 12.8. The second-order valence-corrected chi connectivity index (χ2v) is 23.0. The van der Waals surface area contributed by atoms with E-state index in [4.69, 9.17) is 4.85 Å². The average molecular weight is 1100 g/mol. The SMILES string of the molecule is [C-]#[N+]c1c(-n2c3ccccc3c3ccccc32)c(C#N)c(-n2c3ccccc3c3ccccc32)c(-n2c3cccc(-c4cccc5cccc(-c6ccccc6)c45)c3c3ccc4c5ccccc5sc4c32)c1-n1c2ccccc2c2ccccc21. The van der Waals surface area contributed by atoms with E-state index in [9.17, 15) is 11.8 Å². The van der Waals surface area contributed by atoms with E-state index in [1.54, 1.807) is 11.3 Å². The van der Waals surface area contributed by atoms with Gasteiger partial charge in [0.05, 0.1) is 83.7 Å². The maximum absolute atomic E-state index is 12.8. The highest BCUT2D eigenvalue weighted by molar-refractivity contribution is 7.26. The molecule has 0 aliphatic carbocycles. The van der Waals surface area contributed by atoms with Gasteiger partial charge in [-0.05, 0) is 81.6 Å². The van der Waals surface area contributed by atoms with E-state index in [1.165, 1.54) is 15.5 Å². The topological polar surface area (TPSA) is 47.9 Å². The van der Waals surface area contributed by atoms with Crippen LogP contribution in [0.2, 0.25) is 0 Å². The molecule has 0 aliphatic heterocycles. The highest BCUT2D eigenvalue weighted by atomic mass is 32.1. The second kappa shape index (κ2) is 18.0. The largest absolute Gasteiger partial charge is 0.318 e. The molecule has 13 aromatic carbocycles. The van der Waals surface area contributed by atoms with Gasteiger partial charge in [-0.15, -0.1) is 11.3 Å². The Labute approximate surface area is 490 Å². The molecule has 0 unspecified atom stereocenters. The Kier molecular flexibility index (Phi) is 10.00. The molecule has 5 heterocycles. The Morgan fingerprint density at radius 2 is 0.753 bits per heavy atom. The molecule has 0 saturated carbocycles. The fourth-order valence-corrected chi connectivity index (χ4v) is 15.7. The molecular weight excluding hydrogens is 1050 g/mol. The first kappa shape index (κ1) is 47.2. The van der Waals surface area contributed by atoms with E-state index in [0.29, 0.717) is 28.3 Å². The molecule has 0 spiro atoms. The molecule has 85 heavy (non-hydrogen) atoms. The van der Waals surface area contributed by atoms with Gasteiger partial charge >= 0.3 is 0 Å². The summed E-state index contributed by atoms with van der Waals surface area (Å²) in [6.45, 7) is 9.98. The minimum Gasteiger partial charge on any atom is -0.318 e. The van der Waals surface area contributed by atoms with Gasteiger partial charge in [0, 0.05) is 58.6 Å². The van der Waals surface area contributed by atoms with Gasteiger partial charge in [-0.2, -0.15) is 5.26 Å². The van der Waals surface area contributed by atoms with Crippen LogP contribution in [0.4, 0.5) is 5.69 Å². The smallest absolute Gasteiger partial charge is 0.237 e. The normalized spacial score (nSPS) is 12.0. The Hall–Kier alpha value is -11.5. The van der Waals surface area contributed by atoms with Gasteiger partial charge in [-0.3, -0.25) is 0 Å². The first-order valence-electron chi connectivity index (χ1n) is 28.6. The molecule has 18 rings (SSSR count). The molecule has 0 amide bonds. The fraction of sp³-hybridized carbons (Fsp3) is 0. The zero-order chi connectivity index (χ0) is 56.0. The lowest BCUT2D eigenvalue weighted by Crippen LogP contribution is -2.14. The highest BCUT2D eigenvalue weighted by Gasteiger charge is 2.35. The van der Waals surface area contributed by atoms with Crippen LogP contribution in [0.5, 0.6) is 0 Å². The van der Waals surface area contributed by atoms with E-state index in [2.05, 4.69) is 291 Å². The number of para-hydroxylation sites is 6. The lowest BCUT2D eigenvalue weighted by Gasteiger charge is -2.27. The van der Waals surface area contributed by atoms with Crippen LogP contribution in [0, 0.1) is 17.9 Å². The Balaban J connectivity index is 1.15. The summed E-state index contributed by atoms with van der Waals surface area (Å²) in [7, 11) is 0. The van der Waals surface area contributed by atoms with Crippen LogP contribution >= 0.6 is 11.3 Å². The van der Waals surface area contributed by atoms with Crippen LogP contribution in [0.25, 0.3) is 168 Å². The van der Waals surface area contributed by atoms with Gasteiger partial charge in [-0.25, -0.2) is 4.85 Å². The van der Waals surface area contributed by atoms with Crippen molar-refractivity contribution in [2.45, 2.75) is 0 Å². The predicted molar refractivity (Wildman–Crippen MR) is 356 cm³/mol. The minimum atomic E-state index is 0.352. The second-order valence-electron chi connectivity index (χ2n) is 22.0. The molecule has 0 aliphatic rings. The van der Waals surface area contributed by atoms with Crippen LogP contribution in [-0.4, -0.2) is 18.3 Å². The number of rotatable bonds is 6. The molecule has 0 atom stereocenters. The summed E-state index contributed by atoms with van der Waals surface area (Å²) in [6.07, 6.45) is 0. The molecule has 7 heteroatoms. The third-order valence-corrected chi connectivity index (χ3v) is 19.0. The van der Waals surface area contributed by atoms with Crippen molar-refractivity contribution in [3.8, 4) is 51.1 Å². The Bertz CT molecular complexity index is 5690. The van der Waals surface area contributed by atoms with Gasteiger partial charge in [0.2, 0.25) is 5.69 Å². The summed E-state index contributed by atoms with van der Waals surface area (Å²) >= 11 is 1.80. The Morgan fingerprint density at radius 1 is 0.329 bits per heavy atom. The number of aromatic nitrogens is 4. The van der Waals surface area contributed by atoms with E-state index in [0.717, 1.165) is 131 Å². The number of nitriles is 1. The standard InChI is InChI=1S/C78H44N6S/c1-80-72-73(81-62-36-12-5-26-50(62)51-27-6-13-37-63(51)81)61(46-79)74(82-64-38-14-7-28-52(64)53-29-8-15-39-65(53)82)77(76(72)83-66-40-16-9-30-54(66)55-31-10-17-41-67(55)83)84-68-42-21-35-58(57-34-20-25-48-24-19-33-49(70(48)57)47-22-3-2-4-23-47)71(68)60-45-44-59-56-32-11-18-43-69(56)85-78(59)75(60)84/h2-45H. The van der Waals surface area contributed by atoms with Crippen molar-refractivity contribution >= 4 is 135 Å². The summed E-state index contributed by atoms with van der Waals surface area (Å²) in [5, 5.41) is 25.9. The van der Waals surface area contributed by atoms with Gasteiger partial charge < -0.3 is 18.3 Å². The lowest BCUT2D eigenvalue weighted by molar-refractivity contribution is 1.03.